The third kappa shape index (κ3) is 4.86. The first-order valence-corrected chi connectivity index (χ1v) is 7.77. The van der Waals surface area contributed by atoms with Crippen LogP contribution in [0.2, 0.25) is 5.02 Å². The summed E-state index contributed by atoms with van der Waals surface area (Å²) in [5.74, 6) is 0.196. The van der Waals surface area contributed by atoms with Crippen molar-refractivity contribution in [2.24, 2.45) is 0 Å². The first-order valence-electron chi connectivity index (χ1n) is 7.39. The number of rotatable bonds is 4. The van der Waals surface area contributed by atoms with Crippen LogP contribution in [0.1, 0.15) is 36.7 Å². The second-order valence-electron chi connectivity index (χ2n) is 6.40. The summed E-state index contributed by atoms with van der Waals surface area (Å²) < 4.78 is 0. The number of nitrogens with one attached hydrogen (secondary N) is 2. The van der Waals surface area contributed by atoms with E-state index in [1.54, 1.807) is 12.1 Å². The average molecular weight is 329 g/mol. The number of hydrogen-bond acceptors (Lipinski definition) is 2. The molecule has 0 spiro atoms. The minimum atomic E-state index is -0.204. The molecule has 0 aromatic heterocycles. The summed E-state index contributed by atoms with van der Waals surface area (Å²) in [7, 11) is 0. The van der Waals surface area contributed by atoms with E-state index in [9.17, 15) is 4.79 Å². The quantitative estimate of drug-likeness (QED) is 0.833. The minimum Gasteiger partial charge on any atom is -0.342 e. The van der Waals surface area contributed by atoms with Gasteiger partial charge in [0.1, 0.15) is 5.82 Å². The molecule has 0 atom stereocenters. The highest BCUT2D eigenvalue weighted by Gasteiger charge is 2.14. The number of benzene rings is 2. The third-order valence-electron chi connectivity index (χ3n) is 3.40. The van der Waals surface area contributed by atoms with Crippen molar-refractivity contribution < 1.29 is 4.79 Å². The molecule has 0 aliphatic heterocycles. The van der Waals surface area contributed by atoms with Gasteiger partial charge in [-0.2, -0.15) is 0 Å². The van der Waals surface area contributed by atoms with Gasteiger partial charge in [0.15, 0.2) is 0 Å². The van der Waals surface area contributed by atoms with Gasteiger partial charge in [0, 0.05) is 16.3 Å². The average Bonchev–Trinajstić information content (AvgIpc) is 2.46. The van der Waals surface area contributed by atoms with E-state index < -0.39 is 0 Å². The van der Waals surface area contributed by atoms with Crippen molar-refractivity contribution in [2.45, 2.75) is 26.2 Å². The molecule has 3 nitrogen and oxygen atoms in total. The van der Waals surface area contributed by atoms with Gasteiger partial charge in [-0.1, -0.05) is 57.2 Å². The first kappa shape index (κ1) is 17.1. The van der Waals surface area contributed by atoms with E-state index in [4.69, 9.17) is 11.6 Å². The standard InChI is InChI=1S/C19H21ClN2O/c1-13(21-17-7-5-6-16(20)12-17)22-18(23)14-8-10-15(11-9-14)19(2,3)4/h5-12,21H,1H2,2-4H3,(H,22,23). The molecule has 0 bridgehead atoms. The van der Waals surface area contributed by atoms with Crippen LogP contribution in [-0.4, -0.2) is 5.91 Å². The molecular formula is C19H21ClN2O. The number of halogens is 1. The topological polar surface area (TPSA) is 41.1 Å². The first-order chi connectivity index (χ1) is 10.8. The van der Waals surface area contributed by atoms with Crippen LogP contribution in [0.15, 0.2) is 60.9 Å². The molecule has 0 saturated carbocycles. The van der Waals surface area contributed by atoms with Crippen LogP contribution in [0, 0.1) is 0 Å². The zero-order chi connectivity index (χ0) is 17.0. The predicted molar refractivity (Wildman–Crippen MR) is 96.8 cm³/mol. The molecule has 4 heteroatoms. The van der Waals surface area contributed by atoms with E-state index in [1.165, 1.54) is 5.56 Å². The largest absolute Gasteiger partial charge is 0.342 e. The maximum Gasteiger partial charge on any atom is 0.256 e. The fourth-order valence-corrected chi connectivity index (χ4v) is 2.29. The Morgan fingerprint density at radius 3 is 2.30 bits per heavy atom. The van der Waals surface area contributed by atoms with Crippen molar-refractivity contribution in [3.05, 3.63) is 77.1 Å². The normalized spacial score (nSPS) is 11.0. The van der Waals surface area contributed by atoms with Crippen molar-refractivity contribution in [3.63, 3.8) is 0 Å². The van der Waals surface area contributed by atoms with Crippen molar-refractivity contribution in [1.82, 2.24) is 5.32 Å². The van der Waals surface area contributed by atoms with E-state index in [2.05, 4.69) is 38.0 Å². The highest BCUT2D eigenvalue weighted by Crippen LogP contribution is 2.22. The van der Waals surface area contributed by atoms with Crippen molar-refractivity contribution in [2.75, 3.05) is 5.32 Å². The number of anilines is 1. The van der Waals surface area contributed by atoms with Gasteiger partial charge in [0.05, 0.1) is 0 Å². The summed E-state index contributed by atoms with van der Waals surface area (Å²) in [6, 6.07) is 14.8. The summed E-state index contributed by atoms with van der Waals surface area (Å²) in [6.07, 6.45) is 0. The molecule has 2 N–H and O–H groups in total. The van der Waals surface area contributed by atoms with Crippen LogP contribution in [0.5, 0.6) is 0 Å². The smallest absolute Gasteiger partial charge is 0.256 e. The molecule has 0 aliphatic rings. The van der Waals surface area contributed by atoms with Crippen LogP contribution in [0.25, 0.3) is 0 Å². The van der Waals surface area contributed by atoms with Gasteiger partial charge < -0.3 is 10.6 Å². The SMILES string of the molecule is C=C(NC(=O)c1ccc(C(C)(C)C)cc1)Nc1cccc(Cl)c1. The fraction of sp³-hybridized carbons (Fsp3) is 0.211. The molecular weight excluding hydrogens is 308 g/mol. The molecule has 120 valence electrons. The highest BCUT2D eigenvalue weighted by atomic mass is 35.5. The summed E-state index contributed by atoms with van der Waals surface area (Å²) >= 11 is 5.92. The Morgan fingerprint density at radius 2 is 1.74 bits per heavy atom. The van der Waals surface area contributed by atoms with Crippen LogP contribution in [0.4, 0.5) is 5.69 Å². The molecule has 0 aliphatic carbocycles. The van der Waals surface area contributed by atoms with Gasteiger partial charge in [-0.15, -0.1) is 0 Å². The van der Waals surface area contributed by atoms with Crippen LogP contribution < -0.4 is 10.6 Å². The lowest BCUT2D eigenvalue weighted by molar-refractivity contribution is 0.0966. The van der Waals surface area contributed by atoms with Gasteiger partial charge in [-0.05, 0) is 41.3 Å². The van der Waals surface area contributed by atoms with Gasteiger partial charge in [0.2, 0.25) is 0 Å². The maximum atomic E-state index is 12.2. The second kappa shape index (κ2) is 6.88. The lowest BCUT2D eigenvalue weighted by atomic mass is 9.87. The van der Waals surface area contributed by atoms with E-state index in [-0.39, 0.29) is 11.3 Å². The maximum absolute atomic E-state index is 12.2. The third-order valence-corrected chi connectivity index (χ3v) is 3.63. The molecule has 0 fully saturated rings. The van der Waals surface area contributed by atoms with E-state index in [0.717, 1.165) is 5.69 Å². The van der Waals surface area contributed by atoms with Gasteiger partial charge in [0.25, 0.3) is 5.91 Å². The Labute approximate surface area is 142 Å². The zero-order valence-electron chi connectivity index (χ0n) is 13.6. The lowest BCUT2D eigenvalue weighted by Crippen LogP contribution is -2.26. The van der Waals surface area contributed by atoms with Crippen molar-refractivity contribution >= 4 is 23.2 Å². The van der Waals surface area contributed by atoms with E-state index >= 15 is 0 Å². The molecule has 2 rings (SSSR count). The number of amides is 1. The Morgan fingerprint density at radius 1 is 1.09 bits per heavy atom. The Hall–Kier alpha value is -2.26. The van der Waals surface area contributed by atoms with Crippen LogP contribution >= 0.6 is 11.6 Å². The van der Waals surface area contributed by atoms with Gasteiger partial charge in [-0.25, -0.2) is 0 Å². The van der Waals surface area contributed by atoms with Gasteiger partial charge in [-0.3, -0.25) is 4.79 Å². The zero-order valence-corrected chi connectivity index (χ0v) is 14.4. The number of carbonyl (C=O) groups excluding carboxylic acids is 1. The van der Waals surface area contributed by atoms with E-state index in [1.807, 2.05) is 36.4 Å². The summed E-state index contributed by atoms with van der Waals surface area (Å²) in [6.45, 7) is 10.2. The van der Waals surface area contributed by atoms with Crippen molar-refractivity contribution in [1.29, 1.82) is 0 Å². The van der Waals surface area contributed by atoms with Crippen LogP contribution in [0.3, 0.4) is 0 Å². The number of hydrogen-bond donors (Lipinski definition) is 2. The Balaban J connectivity index is 2.00. The van der Waals surface area contributed by atoms with Crippen molar-refractivity contribution in [3.8, 4) is 0 Å². The molecule has 0 radical (unpaired) electrons. The molecule has 0 heterocycles. The molecule has 0 saturated heterocycles. The monoisotopic (exact) mass is 328 g/mol. The summed E-state index contributed by atoms with van der Waals surface area (Å²) in [5, 5.41) is 6.36. The lowest BCUT2D eigenvalue weighted by Gasteiger charge is -2.19. The Bertz CT molecular complexity index is 715. The molecule has 2 aromatic carbocycles. The molecule has 2 aromatic rings. The Kier molecular flexibility index (Phi) is 5.12. The molecule has 1 amide bonds. The number of carbonyl (C=O) groups is 1. The summed E-state index contributed by atoms with van der Waals surface area (Å²) in [4.78, 5) is 12.2. The molecule has 23 heavy (non-hydrogen) atoms. The second-order valence-corrected chi connectivity index (χ2v) is 6.83. The van der Waals surface area contributed by atoms with E-state index in [0.29, 0.717) is 16.4 Å². The predicted octanol–water partition coefficient (Wildman–Crippen LogP) is 4.95. The van der Waals surface area contributed by atoms with Crippen LogP contribution in [-0.2, 0) is 5.41 Å². The molecule has 0 unspecified atom stereocenters. The fourth-order valence-electron chi connectivity index (χ4n) is 2.10. The van der Waals surface area contributed by atoms with Gasteiger partial charge >= 0.3 is 0 Å². The highest BCUT2D eigenvalue weighted by molar-refractivity contribution is 6.30. The minimum absolute atomic E-state index is 0.0622. The summed E-state index contributed by atoms with van der Waals surface area (Å²) in [5.41, 5.74) is 2.61.